The molecule has 3 aromatic heterocycles. The van der Waals surface area contributed by atoms with Crippen LogP contribution in [0.15, 0.2) is 24.3 Å². The molecule has 0 fully saturated rings. The van der Waals surface area contributed by atoms with Crippen LogP contribution in [0.2, 0.25) is 9.36 Å². The van der Waals surface area contributed by atoms with E-state index in [1.807, 2.05) is 25.1 Å². The van der Waals surface area contributed by atoms with E-state index in [0.29, 0.717) is 26.7 Å². The first kappa shape index (κ1) is 18.9. The molecule has 1 unspecified atom stereocenters. The highest BCUT2D eigenvalue weighted by Gasteiger charge is 2.35. The summed E-state index contributed by atoms with van der Waals surface area (Å²) in [6, 6.07) is 7.44. The molecule has 1 aromatic carbocycles. The summed E-state index contributed by atoms with van der Waals surface area (Å²) in [6.07, 6.45) is 0.299. The summed E-state index contributed by atoms with van der Waals surface area (Å²) in [5, 5.41) is 8.92. The van der Waals surface area contributed by atoms with Gasteiger partial charge in [0, 0.05) is 22.8 Å². The smallest absolute Gasteiger partial charge is 0.226 e. The monoisotopic (exact) mass is 464 g/mol. The van der Waals surface area contributed by atoms with Crippen LogP contribution < -0.4 is 10.1 Å². The number of fused-ring (bicyclic) bond motifs is 2. The van der Waals surface area contributed by atoms with Crippen molar-refractivity contribution in [3.8, 4) is 10.9 Å². The van der Waals surface area contributed by atoms with E-state index in [0.717, 1.165) is 32.1 Å². The number of nitrogens with one attached hydrogen (secondary N) is 1. The highest BCUT2D eigenvalue weighted by Crippen LogP contribution is 2.46. The molecule has 0 radical (unpaired) electrons. The van der Waals surface area contributed by atoms with Crippen molar-refractivity contribution in [3.63, 3.8) is 0 Å². The number of benzene rings is 1. The van der Waals surface area contributed by atoms with Crippen LogP contribution in [-0.4, -0.2) is 27.8 Å². The number of anilines is 1. The Bertz CT molecular complexity index is 1280. The molecule has 0 saturated heterocycles. The molecular formula is C19H14Cl2N4O2S2. The van der Waals surface area contributed by atoms with Crippen LogP contribution >= 0.6 is 45.9 Å². The predicted molar refractivity (Wildman–Crippen MR) is 117 cm³/mol. The van der Waals surface area contributed by atoms with Gasteiger partial charge in [-0.2, -0.15) is 9.78 Å². The van der Waals surface area contributed by atoms with Crippen LogP contribution in [0.25, 0.3) is 15.3 Å². The lowest BCUT2D eigenvalue weighted by Crippen LogP contribution is -2.24. The molecule has 29 heavy (non-hydrogen) atoms. The lowest BCUT2D eigenvalue weighted by atomic mass is 9.91. The van der Waals surface area contributed by atoms with Gasteiger partial charge >= 0.3 is 0 Å². The van der Waals surface area contributed by atoms with E-state index in [2.05, 4.69) is 5.32 Å². The summed E-state index contributed by atoms with van der Waals surface area (Å²) < 4.78 is 8.58. The maximum Gasteiger partial charge on any atom is 0.226 e. The Balaban J connectivity index is 1.67. The molecule has 4 aromatic rings. The highest BCUT2D eigenvalue weighted by molar-refractivity contribution is 7.20. The minimum absolute atomic E-state index is 0.0907. The number of thiazole rings is 1. The Morgan fingerprint density at radius 3 is 2.83 bits per heavy atom. The van der Waals surface area contributed by atoms with Crippen LogP contribution in [0.5, 0.6) is 5.75 Å². The van der Waals surface area contributed by atoms with E-state index >= 15 is 0 Å². The molecule has 0 bridgehead atoms. The Labute approximate surface area is 184 Å². The fourth-order valence-corrected chi connectivity index (χ4v) is 6.29. The molecule has 0 spiro atoms. The fourth-order valence-electron chi connectivity index (χ4n) is 3.61. The molecule has 0 saturated carbocycles. The molecule has 5 rings (SSSR count). The molecule has 4 heterocycles. The van der Waals surface area contributed by atoms with Crippen molar-refractivity contribution in [2.45, 2.75) is 19.3 Å². The minimum atomic E-state index is -0.188. The summed E-state index contributed by atoms with van der Waals surface area (Å²) in [7, 11) is 1.63. The number of aromatic nitrogens is 3. The molecule has 1 aliphatic heterocycles. The number of nitrogens with zero attached hydrogens (tertiary/aromatic N) is 3. The Kier molecular flexibility index (Phi) is 4.54. The highest BCUT2D eigenvalue weighted by atomic mass is 35.5. The first-order chi connectivity index (χ1) is 13.9. The van der Waals surface area contributed by atoms with Crippen molar-refractivity contribution in [2.75, 3.05) is 12.4 Å². The molecule has 1 N–H and O–H groups in total. The first-order valence-corrected chi connectivity index (χ1v) is 11.1. The van der Waals surface area contributed by atoms with Gasteiger partial charge in [-0.05, 0) is 31.2 Å². The van der Waals surface area contributed by atoms with Gasteiger partial charge in [-0.3, -0.25) is 4.79 Å². The number of methoxy groups -OCH3 is 1. The standard InChI is InChI=1S/C19H14Cl2N4O2S2/c1-8-16-10(17-11(20)7-14(21)29-17)6-15(26)23-18(16)25(24-8)19-22-12-4-3-9(27-2)5-13(12)28-19/h3-5,7,10H,6H2,1-2H3,(H,23,26). The Morgan fingerprint density at radius 1 is 1.28 bits per heavy atom. The number of aryl methyl sites for hydroxylation is 1. The number of amides is 1. The average Bonchev–Trinajstić information content (AvgIpc) is 3.35. The number of carbonyl (C=O) groups excluding carboxylic acids is 1. The van der Waals surface area contributed by atoms with Crippen molar-refractivity contribution in [2.24, 2.45) is 0 Å². The fraction of sp³-hybridized carbons (Fsp3) is 0.211. The first-order valence-electron chi connectivity index (χ1n) is 8.73. The molecule has 1 amide bonds. The van der Waals surface area contributed by atoms with Gasteiger partial charge in [-0.1, -0.05) is 34.5 Å². The largest absolute Gasteiger partial charge is 0.497 e. The van der Waals surface area contributed by atoms with Crippen LogP contribution in [-0.2, 0) is 4.79 Å². The molecule has 0 aliphatic carbocycles. The molecule has 1 atom stereocenters. The van der Waals surface area contributed by atoms with Crippen molar-refractivity contribution in [1.29, 1.82) is 0 Å². The van der Waals surface area contributed by atoms with E-state index in [1.54, 1.807) is 17.9 Å². The molecule has 6 nitrogen and oxygen atoms in total. The number of hydrogen-bond donors (Lipinski definition) is 1. The number of thiophene rings is 1. The Hall–Kier alpha value is -2.13. The zero-order valence-electron chi connectivity index (χ0n) is 15.3. The van der Waals surface area contributed by atoms with E-state index in [-0.39, 0.29) is 11.8 Å². The van der Waals surface area contributed by atoms with Crippen LogP contribution in [0.4, 0.5) is 5.82 Å². The maximum absolute atomic E-state index is 12.5. The number of hydrogen-bond acceptors (Lipinski definition) is 6. The van der Waals surface area contributed by atoms with Gasteiger partial charge in [-0.15, -0.1) is 11.3 Å². The van der Waals surface area contributed by atoms with Crippen molar-refractivity contribution in [3.05, 3.63) is 49.8 Å². The lowest BCUT2D eigenvalue weighted by Gasteiger charge is -2.23. The summed E-state index contributed by atoms with van der Waals surface area (Å²) in [5.74, 6) is 1.12. The second-order valence-corrected chi connectivity index (χ2v) is 9.79. The second kappa shape index (κ2) is 6.98. The van der Waals surface area contributed by atoms with Crippen molar-refractivity contribution >= 4 is 67.8 Å². The Morgan fingerprint density at radius 2 is 2.10 bits per heavy atom. The maximum atomic E-state index is 12.5. The zero-order valence-corrected chi connectivity index (χ0v) is 18.5. The SMILES string of the molecule is COc1ccc2nc(-n3nc(C)c4c3NC(=O)CC4c3sc(Cl)cc3Cl)sc2c1. The summed E-state index contributed by atoms with van der Waals surface area (Å²) in [5.41, 5.74) is 2.61. The average molecular weight is 465 g/mol. The van der Waals surface area contributed by atoms with Crippen molar-refractivity contribution in [1.82, 2.24) is 14.8 Å². The summed E-state index contributed by atoms with van der Waals surface area (Å²) >= 11 is 15.4. The van der Waals surface area contributed by atoms with Gasteiger partial charge in [-0.25, -0.2) is 4.98 Å². The predicted octanol–water partition coefficient (Wildman–Crippen LogP) is 5.64. The van der Waals surface area contributed by atoms with Gasteiger partial charge in [0.2, 0.25) is 11.0 Å². The van der Waals surface area contributed by atoms with Crippen LogP contribution in [0.3, 0.4) is 0 Å². The van der Waals surface area contributed by atoms with E-state index in [4.69, 9.17) is 38.0 Å². The van der Waals surface area contributed by atoms with Crippen LogP contribution in [0, 0.1) is 6.92 Å². The van der Waals surface area contributed by atoms with Gasteiger partial charge in [0.1, 0.15) is 11.6 Å². The van der Waals surface area contributed by atoms with E-state index < -0.39 is 0 Å². The topological polar surface area (TPSA) is 69.0 Å². The quantitative estimate of drug-likeness (QED) is 0.425. The number of carbonyl (C=O) groups is 1. The van der Waals surface area contributed by atoms with E-state index in [1.165, 1.54) is 22.7 Å². The molecule has 10 heteroatoms. The molecular weight excluding hydrogens is 451 g/mol. The zero-order chi connectivity index (χ0) is 20.3. The second-order valence-electron chi connectivity index (χ2n) is 6.66. The summed E-state index contributed by atoms with van der Waals surface area (Å²) in [6.45, 7) is 1.93. The van der Waals surface area contributed by atoms with Crippen LogP contribution in [0.1, 0.15) is 28.5 Å². The van der Waals surface area contributed by atoms with Gasteiger partial charge in [0.15, 0.2) is 0 Å². The third-order valence-corrected chi connectivity index (χ3v) is 7.66. The van der Waals surface area contributed by atoms with E-state index in [9.17, 15) is 4.79 Å². The number of rotatable bonds is 3. The number of ether oxygens (including phenoxy) is 1. The van der Waals surface area contributed by atoms with Gasteiger partial charge in [0.25, 0.3) is 0 Å². The number of halogens is 2. The minimum Gasteiger partial charge on any atom is -0.497 e. The molecule has 1 aliphatic rings. The molecule has 148 valence electrons. The third kappa shape index (κ3) is 3.11. The summed E-state index contributed by atoms with van der Waals surface area (Å²) in [4.78, 5) is 18.1. The van der Waals surface area contributed by atoms with Gasteiger partial charge in [0.05, 0.1) is 32.4 Å². The van der Waals surface area contributed by atoms with Crippen molar-refractivity contribution < 1.29 is 9.53 Å². The third-order valence-electron chi connectivity index (χ3n) is 4.87. The normalized spacial score (nSPS) is 16.1. The lowest BCUT2D eigenvalue weighted by molar-refractivity contribution is -0.116. The van der Waals surface area contributed by atoms with Gasteiger partial charge < -0.3 is 10.1 Å².